The third-order valence-electron chi connectivity index (χ3n) is 4.52. The molecule has 1 unspecified atom stereocenters. The molecule has 0 aromatic heterocycles. The van der Waals surface area contributed by atoms with E-state index in [4.69, 9.17) is 5.73 Å². The molecule has 1 fully saturated rings. The first-order valence-corrected chi connectivity index (χ1v) is 9.09. The highest BCUT2D eigenvalue weighted by Gasteiger charge is 2.26. The van der Waals surface area contributed by atoms with E-state index in [1.807, 2.05) is 18.2 Å². The zero-order valence-electron chi connectivity index (χ0n) is 15.3. The van der Waals surface area contributed by atoms with E-state index in [1.165, 1.54) is 5.56 Å². The van der Waals surface area contributed by atoms with Crippen LogP contribution < -0.4 is 16.4 Å². The molecule has 138 valence electrons. The summed E-state index contributed by atoms with van der Waals surface area (Å²) in [5.74, 6) is 0.369. The second kappa shape index (κ2) is 9.53. The summed E-state index contributed by atoms with van der Waals surface area (Å²) >= 11 is 0. The molecule has 6 heteroatoms. The van der Waals surface area contributed by atoms with Gasteiger partial charge in [0.2, 0.25) is 11.8 Å². The predicted molar refractivity (Wildman–Crippen MR) is 100 cm³/mol. The number of benzene rings is 1. The van der Waals surface area contributed by atoms with Crippen LogP contribution in [0.3, 0.4) is 0 Å². The number of nitrogens with two attached hydrogens (primary N) is 1. The molecule has 6 nitrogen and oxygen atoms in total. The van der Waals surface area contributed by atoms with Crippen LogP contribution in [0.5, 0.6) is 0 Å². The Bertz CT molecular complexity index is 589. The fraction of sp³-hybridized carbons (Fsp3) is 0.579. The lowest BCUT2D eigenvalue weighted by Gasteiger charge is -2.31. The molecule has 1 aromatic carbocycles. The van der Waals surface area contributed by atoms with E-state index in [0.29, 0.717) is 32.1 Å². The Morgan fingerprint density at radius 2 is 2.16 bits per heavy atom. The molecule has 0 saturated carbocycles. The Hall–Kier alpha value is -1.92. The average Bonchev–Trinajstić information content (AvgIpc) is 2.60. The van der Waals surface area contributed by atoms with Gasteiger partial charge >= 0.3 is 0 Å². The number of piperidine rings is 1. The van der Waals surface area contributed by atoms with Gasteiger partial charge in [0.1, 0.15) is 0 Å². The normalized spacial score (nSPS) is 18.2. The number of hydrogen-bond acceptors (Lipinski definition) is 4. The third-order valence-corrected chi connectivity index (χ3v) is 4.52. The van der Waals surface area contributed by atoms with Crippen LogP contribution in [0.4, 0.5) is 5.69 Å². The molecule has 1 aliphatic rings. The number of hydrogen-bond donors (Lipinski definition) is 3. The minimum absolute atomic E-state index is 0.0380. The summed E-state index contributed by atoms with van der Waals surface area (Å²) in [7, 11) is 0. The van der Waals surface area contributed by atoms with E-state index in [0.717, 1.165) is 25.1 Å². The van der Waals surface area contributed by atoms with Crippen molar-refractivity contribution in [2.75, 3.05) is 38.0 Å². The number of anilines is 1. The number of carbonyl (C=O) groups excluding carboxylic acids is 2. The van der Waals surface area contributed by atoms with E-state index >= 15 is 0 Å². The lowest BCUT2D eigenvalue weighted by atomic mass is 9.97. The van der Waals surface area contributed by atoms with Gasteiger partial charge in [0.15, 0.2) is 0 Å². The summed E-state index contributed by atoms with van der Waals surface area (Å²) in [4.78, 5) is 26.5. The SMILES string of the molecule is CC(C)c1cccc(NC(=O)CN2CCCC(C(=O)NCCN)C2)c1. The summed E-state index contributed by atoms with van der Waals surface area (Å²) in [6, 6.07) is 7.95. The fourth-order valence-corrected chi connectivity index (χ4v) is 3.13. The molecule has 2 rings (SSSR count). The molecule has 0 aliphatic carbocycles. The van der Waals surface area contributed by atoms with E-state index in [-0.39, 0.29) is 17.7 Å². The maximum Gasteiger partial charge on any atom is 0.238 e. The maximum absolute atomic E-state index is 12.3. The lowest BCUT2D eigenvalue weighted by Crippen LogP contribution is -2.46. The van der Waals surface area contributed by atoms with Crippen LogP contribution in [0.2, 0.25) is 0 Å². The largest absolute Gasteiger partial charge is 0.355 e. The summed E-state index contributed by atoms with van der Waals surface area (Å²) < 4.78 is 0. The zero-order chi connectivity index (χ0) is 18.2. The van der Waals surface area contributed by atoms with Gasteiger partial charge in [-0.05, 0) is 43.0 Å². The van der Waals surface area contributed by atoms with Gasteiger partial charge in [-0.15, -0.1) is 0 Å². The predicted octanol–water partition coefficient (Wildman–Crippen LogP) is 1.54. The molecule has 1 saturated heterocycles. The Kier molecular flexibility index (Phi) is 7.40. The van der Waals surface area contributed by atoms with Crippen molar-refractivity contribution in [1.29, 1.82) is 0 Å². The summed E-state index contributed by atoms with van der Waals surface area (Å²) in [6.07, 6.45) is 1.79. The molecule has 4 N–H and O–H groups in total. The average molecular weight is 346 g/mol. The summed E-state index contributed by atoms with van der Waals surface area (Å²) in [5.41, 5.74) is 7.45. The van der Waals surface area contributed by atoms with Gasteiger partial charge < -0.3 is 16.4 Å². The van der Waals surface area contributed by atoms with E-state index in [1.54, 1.807) is 0 Å². The second-order valence-corrected chi connectivity index (χ2v) is 6.98. The molecule has 2 amide bonds. The number of carbonyl (C=O) groups is 2. The number of amides is 2. The summed E-state index contributed by atoms with van der Waals surface area (Å²) in [6.45, 7) is 6.99. The van der Waals surface area contributed by atoms with Crippen molar-refractivity contribution in [2.45, 2.75) is 32.6 Å². The van der Waals surface area contributed by atoms with Crippen molar-refractivity contribution >= 4 is 17.5 Å². The lowest BCUT2D eigenvalue weighted by molar-refractivity contribution is -0.127. The molecule has 0 spiro atoms. The highest BCUT2D eigenvalue weighted by molar-refractivity contribution is 5.92. The van der Waals surface area contributed by atoms with E-state index in [9.17, 15) is 9.59 Å². The first-order valence-electron chi connectivity index (χ1n) is 9.09. The van der Waals surface area contributed by atoms with Crippen LogP contribution in [-0.2, 0) is 9.59 Å². The van der Waals surface area contributed by atoms with Gasteiger partial charge in [-0.3, -0.25) is 14.5 Å². The van der Waals surface area contributed by atoms with Gasteiger partial charge in [-0.1, -0.05) is 26.0 Å². The van der Waals surface area contributed by atoms with Crippen molar-refractivity contribution in [3.8, 4) is 0 Å². The minimum atomic E-state index is -0.0580. The highest BCUT2D eigenvalue weighted by Crippen LogP contribution is 2.19. The van der Waals surface area contributed by atoms with Gasteiger partial charge in [0.25, 0.3) is 0 Å². The molecule has 25 heavy (non-hydrogen) atoms. The quantitative estimate of drug-likeness (QED) is 0.699. The van der Waals surface area contributed by atoms with Crippen molar-refractivity contribution in [3.05, 3.63) is 29.8 Å². The Morgan fingerprint density at radius 1 is 1.36 bits per heavy atom. The Labute approximate surface area is 150 Å². The van der Waals surface area contributed by atoms with Crippen LogP contribution in [0.1, 0.15) is 38.2 Å². The molecule has 0 radical (unpaired) electrons. The first-order chi connectivity index (χ1) is 12.0. The number of nitrogens with zero attached hydrogens (tertiary/aromatic N) is 1. The number of rotatable bonds is 7. The highest BCUT2D eigenvalue weighted by atomic mass is 16.2. The van der Waals surface area contributed by atoms with Gasteiger partial charge in [-0.2, -0.15) is 0 Å². The van der Waals surface area contributed by atoms with Crippen LogP contribution >= 0.6 is 0 Å². The van der Waals surface area contributed by atoms with Crippen LogP contribution in [0.15, 0.2) is 24.3 Å². The van der Waals surface area contributed by atoms with Crippen molar-refractivity contribution < 1.29 is 9.59 Å². The van der Waals surface area contributed by atoms with Crippen molar-refractivity contribution in [1.82, 2.24) is 10.2 Å². The minimum Gasteiger partial charge on any atom is -0.355 e. The molecular weight excluding hydrogens is 316 g/mol. The van der Waals surface area contributed by atoms with Crippen molar-refractivity contribution in [2.24, 2.45) is 11.7 Å². The maximum atomic E-state index is 12.3. The Balaban J connectivity index is 1.85. The monoisotopic (exact) mass is 346 g/mol. The smallest absolute Gasteiger partial charge is 0.238 e. The Morgan fingerprint density at radius 3 is 2.88 bits per heavy atom. The summed E-state index contributed by atoms with van der Waals surface area (Å²) in [5, 5.41) is 5.81. The van der Waals surface area contributed by atoms with Crippen molar-refractivity contribution in [3.63, 3.8) is 0 Å². The zero-order valence-corrected chi connectivity index (χ0v) is 15.3. The molecule has 1 atom stereocenters. The van der Waals surface area contributed by atoms with Gasteiger partial charge in [0, 0.05) is 25.3 Å². The number of likely N-dealkylation sites (tertiary alicyclic amines) is 1. The first kappa shape index (κ1) is 19.4. The molecular formula is C19H30N4O2. The van der Waals surface area contributed by atoms with E-state index in [2.05, 4.69) is 35.4 Å². The van der Waals surface area contributed by atoms with Crippen LogP contribution in [-0.4, -0.2) is 49.4 Å². The van der Waals surface area contributed by atoms with Gasteiger partial charge in [0.05, 0.1) is 12.5 Å². The molecule has 1 heterocycles. The number of nitrogens with one attached hydrogen (secondary N) is 2. The standard InChI is InChI=1S/C19H30N4O2/c1-14(2)15-5-3-7-17(11-15)22-18(24)13-23-10-4-6-16(12-23)19(25)21-9-8-20/h3,5,7,11,14,16H,4,6,8-10,12-13,20H2,1-2H3,(H,21,25)(H,22,24). The van der Waals surface area contributed by atoms with Crippen LogP contribution in [0.25, 0.3) is 0 Å². The fourth-order valence-electron chi connectivity index (χ4n) is 3.13. The molecule has 0 bridgehead atoms. The molecule has 1 aliphatic heterocycles. The van der Waals surface area contributed by atoms with E-state index < -0.39 is 0 Å². The molecule has 1 aromatic rings. The topological polar surface area (TPSA) is 87.5 Å². The third kappa shape index (κ3) is 6.14. The van der Waals surface area contributed by atoms with Gasteiger partial charge in [-0.25, -0.2) is 0 Å². The van der Waals surface area contributed by atoms with Crippen LogP contribution in [0, 0.1) is 5.92 Å². The second-order valence-electron chi connectivity index (χ2n) is 6.98.